The molecular weight excluding hydrogens is 354 g/mol. The Labute approximate surface area is 156 Å². The van der Waals surface area contributed by atoms with E-state index in [2.05, 4.69) is 0 Å². The molecule has 2 aromatic rings. The van der Waals surface area contributed by atoms with Gasteiger partial charge in [0.15, 0.2) is 6.61 Å². The Morgan fingerprint density at radius 2 is 2.08 bits per heavy atom. The summed E-state index contributed by atoms with van der Waals surface area (Å²) in [5.41, 5.74) is 1.37. The van der Waals surface area contributed by atoms with Crippen LogP contribution in [0.5, 0.6) is 11.5 Å². The predicted octanol–water partition coefficient (Wildman–Crippen LogP) is 3.29. The summed E-state index contributed by atoms with van der Waals surface area (Å²) in [6, 6.07) is 7.12. The maximum Gasteiger partial charge on any atom is 0.339 e. The molecule has 2 heterocycles. The molecule has 1 fully saturated rings. The number of nitrogens with zero attached hydrogens (tertiary/aromatic N) is 1. The molecule has 1 atom stereocenters. The zero-order valence-electron chi connectivity index (χ0n) is 14.8. The highest BCUT2D eigenvalue weighted by atomic mass is 32.1. The van der Waals surface area contributed by atoms with Crippen molar-refractivity contribution in [3.05, 3.63) is 46.2 Å². The fourth-order valence-electron chi connectivity index (χ4n) is 3.16. The molecule has 0 bridgehead atoms. The topological polar surface area (TPSA) is 65.1 Å². The summed E-state index contributed by atoms with van der Waals surface area (Å²) < 4.78 is 15.9. The maximum absolute atomic E-state index is 12.6. The van der Waals surface area contributed by atoms with Gasteiger partial charge in [0, 0.05) is 17.5 Å². The number of likely N-dealkylation sites (tertiary alicyclic amines) is 1. The molecule has 0 N–H and O–H groups in total. The van der Waals surface area contributed by atoms with Crippen molar-refractivity contribution in [3.63, 3.8) is 0 Å². The van der Waals surface area contributed by atoms with Gasteiger partial charge in [-0.2, -0.15) is 11.3 Å². The molecule has 0 radical (unpaired) electrons. The van der Waals surface area contributed by atoms with Gasteiger partial charge in [0.05, 0.1) is 25.8 Å². The molecule has 0 unspecified atom stereocenters. The van der Waals surface area contributed by atoms with E-state index >= 15 is 0 Å². The molecule has 1 aromatic carbocycles. The van der Waals surface area contributed by atoms with Crippen molar-refractivity contribution < 1.29 is 23.8 Å². The number of methoxy groups -OCH3 is 2. The number of carbonyl (C=O) groups excluding carboxylic acids is 2. The summed E-state index contributed by atoms with van der Waals surface area (Å²) >= 11 is 1.41. The van der Waals surface area contributed by atoms with E-state index < -0.39 is 5.97 Å². The lowest BCUT2D eigenvalue weighted by atomic mass is 10.0. The van der Waals surface area contributed by atoms with Crippen LogP contribution in [0.2, 0.25) is 0 Å². The highest BCUT2D eigenvalue weighted by molar-refractivity contribution is 7.08. The summed E-state index contributed by atoms with van der Waals surface area (Å²) in [4.78, 5) is 26.3. The summed E-state index contributed by atoms with van der Waals surface area (Å²) in [6.45, 7) is 0.358. The van der Waals surface area contributed by atoms with Gasteiger partial charge < -0.3 is 19.1 Å². The van der Waals surface area contributed by atoms with Crippen molar-refractivity contribution in [1.82, 2.24) is 4.90 Å². The van der Waals surface area contributed by atoms with Crippen LogP contribution in [0.25, 0.3) is 0 Å². The number of hydrogen-bond acceptors (Lipinski definition) is 6. The van der Waals surface area contributed by atoms with E-state index in [-0.39, 0.29) is 18.6 Å². The third kappa shape index (κ3) is 3.83. The van der Waals surface area contributed by atoms with Crippen molar-refractivity contribution in [3.8, 4) is 11.5 Å². The van der Waals surface area contributed by atoms with Gasteiger partial charge in [-0.05, 0) is 42.5 Å². The fraction of sp³-hybridized carbons (Fsp3) is 0.368. The van der Waals surface area contributed by atoms with Crippen LogP contribution in [0.3, 0.4) is 0 Å². The Morgan fingerprint density at radius 1 is 1.23 bits per heavy atom. The zero-order valence-corrected chi connectivity index (χ0v) is 15.6. The number of carbonyl (C=O) groups is 2. The van der Waals surface area contributed by atoms with Gasteiger partial charge in [-0.3, -0.25) is 4.79 Å². The molecule has 1 aliphatic heterocycles. The number of thiophene rings is 1. The highest BCUT2D eigenvalue weighted by Gasteiger charge is 2.32. The van der Waals surface area contributed by atoms with E-state index in [9.17, 15) is 9.59 Å². The second kappa shape index (κ2) is 8.23. The van der Waals surface area contributed by atoms with Crippen LogP contribution >= 0.6 is 11.3 Å². The summed E-state index contributed by atoms with van der Waals surface area (Å²) in [5, 5.41) is 3.50. The number of amides is 1. The smallest absolute Gasteiger partial charge is 0.339 e. The highest BCUT2D eigenvalue weighted by Crippen LogP contribution is 2.38. The first-order valence-electron chi connectivity index (χ1n) is 8.34. The van der Waals surface area contributed by atoms with Crippen LogP contribution in [0.1, 0.15) is 34.8 Å². The monoisotopic (exact) mass is 375 g/mol. The van der Waals surface area contributed by atoms with Crippen LogP contribution in [0.4, 0.5) is 0 Å². The van der Waals surface area contributed by atoms with Crippen LogP contribution in [-0.2, 0) is 9.53 Å². The summed E-state index contributed by atoms with van der Waals surface area (Å²) in [5.74, 6) is 0.741. The standard InChI is InChI=1S/C19H21NO5S/c1-23-14-5-6-17(24-2)15(10-14)16-4-3-8-20(16)18(21)11-25-19(22)13-7-9-26-12-13/h5-7,9-10,12,16H,3-4,8,11H2,1-2H3/t16-/m1/s1. The molecule has 1 saturated heterocycles. The third-order valence-corrected chi connectivity index (χ3v) is 5.14. The molecule has 6 nitrogen and oxygen atoms in total. The molecule has 1 amide bonds. The largest absolute Gasteiger partial charge is 0.497 e. The van der Waals surface area contributed by atoms with Crippen molar-refractivity contribution in [2.24, 2.45) is 0 Å². The van der Waals surface area contributed by atoms with E-state index in [1.165, 1.54) is 11.3 Å². The van der Waals surface area contributed by atoms with Gasteiger partial charge in [0.25, 0.3) is 5.91 Å². The second-order valence-electron chi connectivity index (χ2n) is 5.94. The van der Waals surface area contributed by atoms with E-state index in [0.717, 1.165) is 18.4 Å². The van der Waals surface area contributed by atoms with Gasteiger partial charge in [0.1, 0.15) is 11.5 Å². The number of esters is 1. The number of benzene rings is 1. The lowest BCUT2D eigenvalue weighted by molar-refractivity contribution is -0.135. The zero-order chi connectivity index (χ0) is 18.5. The Bertz CT molecular complexity index is 774. The molecule has 1 aliphatic rings. The van der Waals surface area contributed by atoms with E-state index in [0.29, 0.717) is 23.6 Å². The molecule has 1 aromatic heterocycles. The van der Waals surface area contributed by atoms with Crippen molar-refractivity contribution in [1.29, 1.82) is 0 Å². The van der Waals surface area contributed by atoms with Crippen LogP contribution in [0, 0.1) is 0 Å². The normalized spacial score (nSPS) is 16.4. The molecular formula is C19H21NO5S. The van der Waals surface area contributed by atoms with Gasteiger partial charge in [-0.25, -0.2) is 4.79 Å². The SMILES string of the molecule is COc1ccc(OC)c([C@H]2CCCN2C(=O)COC(=O)c2ccsc2)c1. The predicted molar refractivity (Wildman–Crippen MR) is 97.8 cm³/mol. The first-order chi connectivity index (χ1) is 12.6. The Kier molecular flexibility index (Phi) is 5.78. The van der Waals surface area contributed by atoms with Gasteiger partial charge in [-0.15, -0.1) is 0 Å². The molecule has 7 heteroatoms. The third-order valence-electron chi connectivity index (χ3n) is 4.45. The Morgan fingerprint density at radius 3 is 2.77 bits per heavy atom. The van der Waals surface area contributed by atoms with Crippen LogP contribution in [-0.4, -0.2) is 44.1 Å². The van der Waals surface area contributed by atoms with Gasteiger partial charge >= 0.3 is 5.97 Å². The Balaban J connectivity index is 1.71. The molecule has 26 heavy (non-hydrogen) atoms. The fourth-order valence-corrected chi connectivity index (χ4v) is 3.79. The lowest BCUT2D eigenvalue weighted by Crippen LogP contribution is -2.34. The quantitative estimate of drug-likeness (QED) is 0.725. The van der Waals surface area contributed by atoms with Gasteiger partial charge in [-0.1, -0.05) is 0 Å². The van der Waals surface area contributed by atoms with Crippen LogP contribution < -0.4 is 9.47 Å². The average molecular weight is 375 g/mol. The minimum atomic E-state index is -0.477. The van der Waals surface area contributed by atoms with E-state index in [4.69, 9.17) is 14.2 Å². The first-order valence-corrected chi connectivity index (χ1v) is 9.29. The molecule has 0 spiro atoms. The molecule has 138 valence electrons. The van der Waals surface area contributed by atoms with Crippen molar-refractivity contribution in [2.45, 2.75) is 18.9 Å². The van der Waals surface area contributed by atoms with E-state index in [1.54, 1.807) is 35.9 Å². The Hall–Kier alpha value is -2.54. The summed E-state index contributed by atoms with van der Waals surface area (Å²) in [7, 11) is 3.21. The van der Waals surface area contributed by atoms with E-state index in [1.807, 2.05) is 18.2 Å². The lowest BCUT2D eigenvalue weighted by Gasteiger charge is -2.26. The van der Waals surface area contributed by atoms with Crippen molar-refractivity contribution in [2.75, 3.05) is 27.4 Å². The van der Waals surface area contributed by atoms with Crippen molar-refractivity contribution >= 4 is 23.2 Å². The van der Waals surface area contributed by atoms with Crippen LogP contribution in [0.15, 0.2) is 35.0 Å². The maximum atomic E-state index is 12.6. The molecule has 3 rings (SSSR count). The second-order valence-corrected chi connectivity index (χ2v) is 6.72. The first kappa shape index (κ1) is 18.3. The minimum absolute atomic E-state index is 0.118. The average Bonchev–Trinajstić information content (AvgIpc) is 3.37. The molecule has 0 saturated carbocycles. The number of rotatable bonds is 6. The number of ether oxygens (including phenoxy) is 3. The molecule has 0 aliphatic carbocycles. The number of hydrogen-bond donors (Lipinski definition) is 0. The summed E-state index contributed by atoms with van der Waals surface area (Å²) in [6.07, 6.45) is 1.71. The minimum Gasteiger partial charge on any atom is -0.497 e. The van der Waals surface area contributed by atoms with Gasteiger partial charge in [0.2, 0.25) is 0 Å².